The van der Waals surface area contributed by atoms with Gasteiger partial charge in [0.2, 0.25) is 11.6 Å². The van der Waals surface area contributed by atoms with Crippen LogP contribution in [-0.2, 0) is 0 Å². The molecule has 3 aromatic carbocycles. The number of hydrogen-bond donors (Lipinski definition) is 0. The SMILES string of the molecule is O=[N+]([O-])c1ccc(F)c(F)c1Oc1cccc2ccccc12. The average molecular weight is 301 g/mol. The summed E-state index contributed by atoms with van der Waals surface area (Å²) in [6.45, 7) is 0. The number of fused-ring (bicyclic) bond motifs is 1. The van der Waals surface area contributed by atoms with E-state index < -0.39 is 28.0 Å². The van der Waals surface area contributed by atoms with Crippen molar-refractivity contribution in [3.8, 4) is 11.5 Å². The van der Waals surface area contributed by atoms with E-state index in [9.17, 15) is 18.9 Å². The molecule has 3 rings (SSSR count). The van der Waals surface area contributed by atoms with Crippen LogP contribution in [0.5, 0.6) is 11.5 Å². The van der Waals surface area contributed by atoms with Crippen molar-refractivity contribution in [2.45, 2.75) is 0 Å². The zero-order chi connectivity index (χ0) is 15.7. The molecule has 0 unspecified atom stereocenters. The van der Waals surface area contributed by atoms with Crippen LogP contribution in [0.15, 0.2) is 54.6 Å². The van der Waals surface area contributed by atoms with Gasteiger partial charge in [-0.25, -0.2) is 4.39 Å². The van der Waals surface area contributed by atoms with Crippen molar-refractivity contribution in [3.05, 3.63) is 76.3 Å². The van der Waals surface area contributed by atoms with Gasteiger partial charge in [-0.2, -0.15) is 4.39 Å². The minimum Gasteiger partial charge on any atom is -0.446 e. The van der Waals surface area contributed by atoms with Gasteiger partial charge in [0.05, 0.1) is 4.92 Å². The number of benzene rings is 3. The lowest BCUT2D eigenvalue weighted by molar-refractivity contribution is -0.385. The summed E-state index contributed by atoms with van der Waals surface area (Å²) in [7, 11) is 0. The summed E-state index contributed by atoms with van der Waals surface area (Å²) in [6.07, 6.45) is 0. The first kappa shape index (κ1) is 13.9. The van der Waals surface area contributed by atoms with Gasteiger partial charge < -0.3 is 4.74 Å². The molecule has 0 aliphatic carbocycles. The lowest BCUT2D eigenvalue weighted by atomic mass is 10.1. The van der Waals surface area contributed by atoms with Crippen LogP contribution in [0.4, 0.5) is 14.5 Å². The fourth-order valence-corrected chi connectivity index (χ4v) is 2.16. The van der Waals surface area contributed by atoms with Crippen molar-refractivity contribution < 1.29 is 18.4 Å². The zero-order valence-corrected chi connectivity index (χ0v) is 11.1. The van der Waals surface area contributed by atoms with E-state index >= 15 is 0 Å². The molecule has 0 saturated heterocycles. The van der Waals surface area contributed by atoms with E-state index in [0.29, 0.717) is 11.5 Å². The molecule has 0 heterocycles. The summed E-state index contributed by atoms with van der Waals surface area (Å²) in [5.41, 5.74) is -0.633. The summed E-state index contributed by atoms with van der Waals surface area (Å²) in [6, 6.07) is 13.7. The first-order valence-electron chi connectivity index (χ1n) is 6.36. The smallest absolute Gasteiger partial charge is 0.314 e. The molecule has 22 heavy (non-hydrogen) atoms. The minimum atomic E-state index is -1.39. The molecule has 0 amide bonds. The lowest BCUT2D eigenvalue weighted by Gasteiger charge is -2.10. The Morgan fingerprint density at radius 3 is 2.45 bits per heavy atom. The van der Waals surface area contributed by atoms with Crippen molar-refractivity contribution in [1.82, 2.24) is 0 Å². The molecule has 0 spiro atoms. The van der Waals surface area contributed by atoms with E-state index in [1.165, 1.54) is 6.07 Å². The Bertz CT molecular complexity index is 875. The Morgan fingerprint density at radius 1 is 0.955 bits per heavy atom. The van der Waals surface area contributed by atoms with Crippen LogP contribution in [0.3, 0.4) is 0 Å². The highest BCUT2D eigenvalue weighted by molar-refractivity contribution is 5.88. The van der Waals surface area contributed by atoms with Gasteiger partial charge >= 0.3 is 5.69 Å². The van der Waals surface area contributed by atoms with E-state index in [2.05, 4.69) is 0 Å². The van der Waals surface area contributed by atoms with Gasteiger partial charge in [0, 0.05) is 11.5 Å². The van der Waals surface area contributed by atoms with Crippen LogP contribution in [0.25, 0.3) is 10.8 Å². The summed E-state index contributed by atoms with van der Waals surface area (Å²) in [5.74, 6) is -3.12. The van der Waals surface area contributed by atoms with Gasteiger partial charge in [-0.15, -0.1) is 0 Å². The fourth-order valence-electron chi connectivity index (χ4n) is 2.16. The molecule has 6 heteroatoms. The van der Waals surface area contributed by atoms with Crippen molar-refractivity contribution >= 4 is 16.5 Å². The number of nitro groups is 1. The van der Waals surface area contributed by atoms with Crippen LogP contribution in [0.1, 0.15) is 0 Å². The molecule has 0 aromatic heterocycles. The molecule has 110 valence electrons. The standard InChI is InChI=1S/C16H9F2NO3/c17-12-8-9-13(19(20)21)16(15(12)18)22-14-7-3-5-10-4-1-2-6-11(10)14/h1-9H. The maximum absolute atomic E-state index is 13.9. The number of halogens is 2. The van der Waals surface area contributed by atoms with Crippen LogP contribution < -0.4 is 4.74 Å². The molecule has 0 bridgehead atoms. The van der Waals surface area contributed by atoms with Crippen LogP contribution in [0.2, 0.25) is 0 Å². The molecule has 4 nitrogen and oxygen atoms in total. The highest BCUT2D eigenvalue weighted by atomic mass is 19.2. The monoisotopic (exact) mass is 301 g/mol. The molecule has 0 aliphatic heterocycles. The summed E-state index contributed by atoms with van der Waals surface area (Å²) < 4.78 is 32.6. The molecule has 0 fully saturated rings. The summed E-state index contributed by atoms with van der Waals surface area (Å²) >= 11 is 0. The van der Waals surface area contributed by atoms with Gasteiger partial charge in [-0.05, 0) is 17.5 Å². The molecular weight excluding hydrogens is 292 g/mol. The van der Waals surface area contributed by atoms with E-state index in [1.54, 1.807) is 18.2 Å². The van der Waals surface area contributed by atoms with E-state index in [4.69, 9.17) is 4.74 Å². The third-order valence-electron chi connectivity index (χ3n) is 3.19. The Balaban J connectivity index is 2.17. The molecule has 0 atom stereocenters. The Kier molecular flexibility index (Phi) is 3.42. The number of ether oxygens (including phenoxy) is 1. The third kappa shape index (κ3) is 2.35. The minimum absolute atomic E-state index is 0.214. The quantitative estimate of drug-likeness (QED) is 0.515. The maximum Gasteiger partial charge on any atom is 0.314 e. The van der Waals surface area contributed by atoms with Crippen LogP contribution in [0, 0.1) is 21.7 Å². The summed E-state index contributed by atoms with van der Waals surface area (Å²) in [5, 5.41) is 12.4. The Hall–Kier alpha value is -3.02. The highest BCUT2D eigenvalue weighted by Gasteiger charge is 2.24. The van der Waals surface area contributed by atoms with Gasteiger partial charge in [0.25, 0.3) is 0 Å². The van der Waals surface area contributed by atoms with Crippen LogP contribution >= 0.6 is 0 Å². The van der Waals surface area contributed by atoms with E-state index in [1.807, 2.05) is 18.2 Å². The van der Waals surface area contributed by atoms with E-state index in [0.717, 1.165) is 11.5 Å². The second-order valence-electron chi connectivity index (χ2n) is 4.55. The Morgan fingerprint density at radius 2 is 1.68 bits per heavy atom. The molecule has 0 radical (unpaired) electrons. The summed E-state index contributed by atoms with van der Waals surface area (Å²) in [4.78, 5) is 10.2. The molecular formula is C16H9F2NO3. The third-order valence-corrected chi connectivity index (χ3v) is 3.19. The van der Waals surface area contributed by atoms with Gasteiger partial charge in [-0.3, -0.25) is 10.1 Å². The normalized spacial score (nSPS) is 10.6. The number of hydrogen-bond acceptors (Lipinski definition) is 3. The van der Waals surface area contributed by atoms with Crippen molar-refractivity contribution in [2.75, 3.05) is 0 Å². The highest BCUT2D eigenvalue weighted by Crippen LogP contribution is 2.37. The fraction of sp³-hybridized carbons (Fsp3) is 0. The average Bonchev–Trinajstić information content (AvgIpc) is 2.52. The van der Waals surface area contributed by atoms with Crippen molar-refractivity contribution in [1.29, 1.82) is 0 Å². The second-order valence-corrected chi connectivity index (χ2v) is 4.55. The predicted octanol–water partition coefficient (Wildman–Crippen LogP) is 4.82. The number of nitro benzene ring substituents is 1. The molecule has 0 N–H and O–H groups in total. The maximum atomic E-state index is 13.9. The van der Waals surface area contributed by atoms with Crippen molar-refractivity contribution in [2.24, 2.45) is 0 Å². The molecule has 0 aliphatic rings. The Labute approximate surface area is 123 Å². The first-order chi connectivity index (χ1) is 10.6. The van der Waals surface area contributed by atoms with Crippen LogP contribution in [-0.4, -0.2) is 4.92 Å². The first-order valence-corrected chi connectivity index (χ1v) is 6.36. The van der Waals surface area contributed by atoms with Gasteiger partial charge in [0.15, 0.2) is 5.82 Å². The molecule has 0 saturated carbocycles. The van der Waals surface area contributed by atoms with Gasteiger partial charge in [0.1, 0.15) is 5.75 Å². The molecule has 3 aromatic rings. The second kappa shape index (κ2) is 5.40. The van der Waals surface area contributed by atoms with E-state index in [-0.39, 0.29) is 5.75 Å². The lowest BCUT2D eigenvalue weighted by Crippen LogP contribution is -1.98. The number of rotatable bonds is 3. The largest absolute Gasteiger partial charge is 0.446 e. The topological polar surface area (TPSA) is 52.4 Å². The zero-order valence-electron chi connectivity index (χ0n) is 11.1. The van der Waals surface area contributed by atoms with Crippen molar-refractivity contribution in [3.63, 3.8) is 0 Å². The van der Waals surface area contributed by atoms with Gasteiger partial charge in [-0.1, -0.05) is 36.4 Å². The predicted molar refractivity (Wildman–Crippen MR) is 77.0 cm³/mol. The number of nitrogens with zero attached hydrogens (tertiary/aromatic N) is 1.